The normalized spacial score (nSPS) is 11.6. The molecule has 2 aromatic carbocycles. The van der Waals surface area contributed by atoms with Gasteiger partial charge in [-0.15, -0.1) is 0 Å². The third-order valence-corrected chi connectivity index (χ3v) is 5.30. The number of halogens is 2. The van der Waals surface area contributed by atoms with Gasteiger partial charge in [-0.05, 0) is 46.9 Å². The zero-order chi connectivity index (χ0) is 26.4. The van der Waals surface area contributed by atoms with Crippen molar-refractivity contribution in [3.8, 4) is 28.6 Å². The molecule has 0 aliphatic carbocycles. The predicted octanol–water partition coefficient (Wildman–Crippen LogP) is 4.15. The van der Waals surface area contributed by atoms with E-state index in [9.17, 15) is 23.5 Å². The fourth-order valence-electron chi connectivity index (χ4n) is 3.34. The van der Waals surface area contributed by atoms with Crippen LogP contribution >= 0.6 is 0 Å². The number of likely N-dealkylation sites (N-methyl/N-ethyl adjacent to an activating group) is 1. The van der Waals surface area contributed by atoms with Gasteiger partial charge in [0.15, 0.2) is 17.7 Å². The largest absolute Gasteiger partial charge is 0.479 e. The molecule has 0 saturated carbocycles. The van der Waals surface area contributed by atoms with Crippen molar-refractivity contribution < 1.29 is 33.0 Å². The topological polar surface area (TPSA) is 115 Å². The van der Waals surface area contributed by atoms with E-state index in [0.717, 1.165) is 11.1 Å². The second-order valence-electron chi connectivity index (χ2n) is 8.25. The molecule has 190 valence electrons. The van der Waals surface area contributed by atoms with Gasteiger partial charge in [-0.3, -0.25) is 4.79 Å². The molecule has 1 amide bonds. The third kappa shape index (κ3) is 6.54. The van der Waals surface area contributed by atoms with Gasteiger partial charge in [0, 0.05) is 26.7 Å². The summed E-state index contributed by atoms with van der Waals surface area (Å²) in [5, 5.41) is 9.18. The van der Waals surface area contributed by atoms with Crippen molar-refractivity contribution in [2.24, 2.45) is 5.73 Å². The van der Waals surface area contributed by atoms with Crippen LogP contribution in [0.4, 0.5) is 8.78 Å². The van der Waals surface area contributed by atoms with Crippen LogP contribution in [0.15, 0.2) is 48.5 Å². The Bertz CT molecular complexity index is 1270. The first-order valence-electron chi connectivity index (χ1n) is 11.2. The molecule has 0 aliphatic rings. The minimum atomic E-state index is -1.37. The van der Waals surface area contributed by atoms with Crippen LogP contribution in [0, 0.1) is 11.6 Å². The summed E-state index contributed by atoms with van der Waals surface area (Å²) in [7, 11) is 3.27. The molecule has 0 saturated heterocycles. The van der Waals surface area contributed by atoms with Gasteiger partial charge in [0.25, 0.3) is 11.8 Å². The van der Waals surface area contributed by atoms with Crippen LogP contribution in [0.5, 0.6) is 17.5 Å². The fourth-order valence-corrected chi connectivity index (χ4v) is 3.34. The van der Waals surface area contributed by atoms with Crippen LogP contribution in [0.25, 0.3) is 11.1 Å². The number of ether oxygens (including phenoxy) is 2. The average Bonchev–Trinajstić information content (AvgIpc) is 2.84. The number of carbonyl (C=O) groups excluding carboxylic acids is 1. The van der Waals surface area contributed by atoms with Crippen molar-refractivity contribution in [1.82, 2.24) is 9.88 Å². The van der Waals surface area contributed by atoms with Gasteiger partial charge in [-0.2, -0.15) is 4.98 Å². The van der Waals surface area contributed by atoms with Gasteiger partial charge in [0.1, 0.15) is 5.75 Å². The van der Waals surface area contributed by atoms with Crippen LogP contribution in [0.2, 0.25) is 0 Å². The third-order valence-electron chi connectivity index (χ3n) is 5.30. The number of nitrogens with zero attached hydrogens (tertiary/aromatic N) is 2. The number of pyridine rings is 1. The number of carboxylic acids is 1. The van der Waals surface area contributed by atoms with E-state index < -0.39 is 35.5 Å². The molecule has 1 heterocycles. The smallest absolute Gasteiger partial charge is 0.344 e. The molecule has 0 radical (unpaired) electrons. The summed E-state index contributed by atoms with van der Waals surface area (Å²) >= 11 is 0. The highest BCUT2D eigenvalue weighted by Crippen LogP contribution is 2.32. The summed E-state index contributed by atoms with van der Waals surface area (Å²) in [6.45, 7) is 1.87. The molecule has 1 aromatic heterocycles. The first-order valence-corrected chi connectivity index (χ1v) is 11.2. The van der Waals surface area contributed by atoms with Crippen LogP contribution in [0.3, 0.4) is 0 Å². The zero-order valence-corrected chi connectivity index (χ0v) is 20.1. The Labute approximate surface area is 207 Å². The molecule has 0 bridgehead atoms. The molecule has 1 atom stereocenters. The number of hydrogen-bond acceptors (Lipinski definition) is 6. The van der Waals surface area contributed by atoms with Gasteiger partial charge in [-0.1, -0.05) is 31.2 Å². The second-order valence-corrected chi connectivity index (χ2v) is 8.25. The monoisotopic (exact) mass is 499 g/mol. The maximum absolute atomic E-state index is 14.6. The lowest BCUT2D eigenvalue weighted by atomic mass is 9.99. The Kier molecular flexibility index (Phi) is 8.55. The van der Waals surface area contributed by atoms with Crippen molar-refractivity contribution in [3.05, 3.63) is 71.3 Å². The van der Waals surface area contributed by atoms with Crippen molar-refractivity contribution in [2.45, 2.75) is 32.4 Å². The summed E-state index contributed by atoms with van der Waals surface area (Å²) in [4.78, 5) is 28.8. The first kappa shape index (κ1) is 26.6. The second kappa shape index (κ2) is 11.6. The van der Waals surface area contributed by atoms with Crippen molar-refractivity contribution >= 4 is 11.9 Å². The number of aromatic nitrogens is 1. The minimum absolute atomic E-state index is 0.0389. The summed E-state index contributed by atoms with van der Waals surface area (Å²) in [5.41, 5.74) is 8.72. The van der Waals surface area contributed by atoms with E-state index in [1.54, 1.807) is 33.2 Å². The lowest BCUT2D eigenvalue weighted by Gasteiger charge is -2.16. The molecule has 8 nitrogen and oxygen atoms in total. The molecule has 3 N–H and O–H groups in total. The highest BCUT2D eigenvalue weighted by molar-refractivity contribution is 5.79. The Morgan fingerprint density at radius 3 is 2.36 bits per heavy atom. The van der Waals surface area contributed by atoms with E-state index in [1.165, 1.54) is 4.90 Å². The van der Waals surface area contributed by atoms with Crippen molar-refractivity contribution in [2.75, 3.05) is 14.1 Å². The number of hydrogen-bond donors (Lipinski definition) is 2. The highest BCUT2D eigenvalue weighted by atomic mass is 19.1. The van der Waals surface area contributed by atoms with Crippen LogP contribution in [-0.2, 0) is 22.6 Å². The summed E-state index contributed by atoms with van der Waals surface area (Å²) in [6, 6.07) is 13.0. The quantitative estimate of drug-likeness (QED) is 0.431. The van der Waals surface area contributed by atoms with Crippen LogP contribution < -0.4 is 15.2 Å². The van der Waals surface area contributed by atoms with Crippen LogP contribution in [0.1, 0.15) is 24.5 Å². The molecule has 3 aromatic rings. The Hall–Kier alpha value is -4.05. The molecule has 3 rings (SSSR count). The van der Waals surface area contributed by atoms with E-state index in [0.29, 0.717) is 23.7 Å². The minimum Gasteiger partial charge on any atom is -0.479 e. The molecule has 36 heavy (non-hydrogen) atoms. The zero-order valence-electron chi connectivity index (χ0n) is 20.1. The van der Waals surface area contributed by atoms with E-state index in [4.69, 9.17) is 15.2 Å². The fraction of sp³-hybridized carbons (Fsp3) is 0.269. The summed E-state index contributed by atoms with van der Waals surface area (Å²) in [5.74, 6) is -4.90. The van der Waals surface area contributed by atoms with Gasteiger partial charge in [0.2, 0.25) is 5.91 Å². The molecule has 0 unspecified atom stereocenters. The standard InChI is InChI=1S/C26H27F2N3O5/c1-4-22(26(33)34)36-25-21(28)13-20(27)24(30-25)35-19-10-16(11-23(32)31(2)3)9-18(12-19)17-7-5-6-15(8-17)14-29/h5-10,12-13,22H,4,11,14,29H2,1-3H3,(H,33,34)/t22-/m1/s1. The predicted molar refractivity (Wildman–Crippen MR) is 129 cm³/mol. The lowest BCUT2D eigenvalue weighted by Crippen LogP contribution is -2.26. The van der Waals surface area contributed by atoms with Gasteiger partial charge < -0.3 is 25.2 Å². The maximum Gasteiger partial charge on any atom is 0.344 e. The van der Waals surface area contributed by atoms with E-state index in [2.05, 4.69) is 4.98 Å². The lowest BCUT2D eigenvalue weighted by molar-refractivity contribution is -0.145. The number of carboxylic acid groups (broad SMARTS) is 1. The molecule has 10 heteroatoms. The van der Waals surface area contributed by atoms with Gasteiger partial charge in [0.05, 0.1) is 6.42 Å². The molecule has 0 aliphatic heterocycles. The van der Waals surface area contributed by atoms with E-state index in [-0.39, 0.29) is 24.5 Å². The number of amides is 1. The Balaban J connectivity index is 2.03. The Morgan fingerprint density at radius 1 is 1.03 bits per heavy atom. The molecule has 0 spiro atoms. The maximum atomic E-state index is 14.6. The highest BCUT2D eigenvalue weighted by Gasteiger charge is 2.23. The van der Waals surface area contributed by atoms with E-state index >= 15 is 0 Å². The number of benzene rings is 2. The number of nitrogens with two attached hydrogens (primary N) is 1. The molecule has 0 fully saturated rings. The summed E-state index contributed by atoms with van der Waals surface area (Å²) < 4.78 is 39.6. The first-order chi connectivity index (χ1) is 17.1. The number of aliphatic carboxylic acids is 1. The van der Waals surface area contributed by atoms with Crippen molar-refractivity contribution in [3.63, 3.8) is 0 Å². The Morgan fingerprint density at radius 2 is 1.72 bits per heavy atom. The SMILES string of the molecule is CC[C@@H](Oc1nc(Oc2cc(CC(=O)N(C)C)cc(-c3cccc(CN)c3)c2)c(F)cc1F)C(=O)O. The van der Waals surface area contributed by atoms with Crippen LogP contribution in [-0.4, -0.2) is 47.1 Å². The molecular weight excluding hydrogens is 472 g/mol. The number of rotatable bonds is 10. The summed E-state index contributed by atoms with van der Waals surface area (Å²) in [6.07, 6.45) is -1.28. The van der Waals surface area contributed by atoms with Crippen molar-refractivity contribution in [1.29, 1.82) is 0 Å². The van der Waals surface area contributed by atoms with E-state index in [1.807, 2.05) is 30.3 Å². The van der Waals surface area contributed by atoms with Gasteiger partial charge >= 0.3 is 5.97 Å². The van der Waals surface area contributed by atoms with Gasteiger partial charge in [-0.25, -0.2) is 13.6 Å². The molecular formula is C26H27F2N3O5. The average molecular weight is 500 g/mol. The number of carbonyl (C=O) groups is 2.